The molecule has 6 aromatic rings. The summed E-state index contributed by atoms with van der Waals surface area (Å²) in [6.07, 6.45) is -9.38. The zero-order valence-corrected chi connectivity index (χ0v) is 31.6. The highest BCUT2D eigenvalue weighted by Crippen LogP contribution is 2.32. The van der Waals surface area contributed by atoms with Crippen LogP contribution < -0.4 is 16.0 Å². The van der Waals surface area contributed by atoms with Crippen molar-refractivity contribution in [3.63, 3.8) is 0 Å². The van der Waals surface area contributed by atoms with Gasteiger partial charge in [0.1, 0.15) is 53.2 Å². The molecule has 0 aliphatic heterocycles. The predicted molar refractivity (Wildman–Crippen MR) is 210 cm³/mol. The van der Waals surface area contributed by atoms with Crippen LogP contribution in [0.4, 0.5) is 0 Å². The van der Waals surface area contributed by atoms with E-state index in [0.29, 0.717) is 28.0 Å². The number of aromatic hydroxyl groups is 1. The van der Waals surface area contributed by atoms with Crippen LogP contribution in [0.2, 0.25) is 0 Å². The van der Waals surface area contributed by atoms with E-state index in [0.717, 1.165) is 20.5 Å². The normalized spacial score (nSPS) is 27.2. The third-order valence-electron chi connectivity index (χ3n) is 9.98. The van der Waals surface area contributed by atoms with Gasteiger partial charge in [0.25, 0.3) is 0 Å². The Bertz CT molecular complexity index is 2330. The zero-order chi connectivity index (χ0) is 41.0. The lowest BCUT2D eigenvalue weighted by Gasteiger charge is -2.39. The number of rotatable bonds is 6. The smallest absolute Gasteiger partial charge is 0.345 e. The van der Waals surface area contributed by atoms with Gasteiger partial charge in [0.2, 0.25) is 0 Å². The Kier molecular flexibility index (Phi) is 13.6. The van der Waals surface area contributed by atoms with Crippen molar-refractivity contribution in [1.29, 1.82) is 0 Å². The summed E-state index contributed by atoms with van der Waals surface area (Å²) in [7, 11) is 0. The monoisotopic (exact) mass is 826 g/mol. The summed E-state index contributed by atoms with van der Waals surface area (Å²) in [6.45, 7) is -0.634. The number of hydrogen-bond acceptors (Lipinski definition) is 17. The average molecular weight is 827 g/mol. The summed E-state index contributed by atoms with van der Waals surface area (Å²) < 4.78 is 16.4. The Morgan fingerprint density at radius 2 is 1.11 bits per heavy atom. The van der Waals surface area contributed by atoms with Crippen molar-refractivity contribution in [2.24, 2.45) is 11.8 Å². The number of aliphatic hydroxyl groups is 9. The molecule has 10 N–H and O–H groups in total. The fourth-order valence-electron chi connectivity index (χ4n) is 6.71. The largest absolute Gasteiger partial charge is 0.508 e. The lowest BCUT2D eigenvalue weighted by Crippen LogP contribution is -2.56. The molecule has 2 aromatic carbocycles. The molecular weight excluding hydrogens is 785 g/mol. The van der Waals surface area contributed by atoms with Crippen LogP contribution >= 0.6 is 22.7 Å². The van der Waals surface area contributed by atoms with Gasteiger partial charge < -0.3 is 64.6 Å². The molecule has 10 atom stereocenters. The highest BCUT2D eigenvalue weighted by molar-refractivity contribution is 7.13. The van der Waals surface area contributed by atoms with Crippen LogP contribution in [0.25, 0.3) is 42.8 Å². The van der Waals surface area contributed by atoms with E-state index in [1.807, 2.05) is 35.0 Å². The van der Waals surface area contributed by atoms with Gasteiger partial charge in [0.15, 0.2) is 0 Å². The molecule has 0 amide bonds. The lowest BCUT2D eigenvalue weighted by molar-refractivity contribution is -0.163. The van der Waals surface area contributed by atoms with Gasteiger partial charge in [-0.3, -0.25) is 0 Å². The molecule has 4 heterocycles. The van der Waals surface area contributed by atoms with Gasteiger partial charge in [0, 0.05) is 57.7 Å². The molecule has 0 bridgehead atoms. The summed E-state index contributed by atoms with van der Waals surface area (Å²) in [6, 6.07) is 20.7. The van der Waals surface area contributed by atoms with Gasteiger partial charge in [-0.2, -0.15) is 0 Å². The van der Waals surface area contributed by atoms with Gasteiger partial charge >= 0.3 is 11.3 Å². The van der Waals surface area contributed by atoms with Crippen molar-refractivity contribution in [3.8, 4) is 32.4 Å². The molecule has 304 valence electrons. The van der Waals surface area contributed by atoms with E-state index in [9.17, 15) is 40.2 Å². The second-order valence-corrected chi connectivity index (χ2v) is 15.7. The van der Waals surface area contributed by atoms with Crippen molar-refractivity contribution in [1.82, 2.24) is 0 Å². The molecule has 2 saturated carbocycles. The van der Waals surface area contributed by atoms with E-state index in [4.69, 9.17) is 34.0 Å². The van der Waals surface area contributed by atoms with Crippen molar-refractivity contribution in [2.75, 3.05) is 13.2 Å². The molecule has 2 aliphatic rings. The third kappa shape index (κ3) is 9.46. The van der Waals surface area contributed by atoms with Gasteiger partial charge in [-0.05, 0) is 72.1 Å². The Morgan fingerprint density at radius 3 is 1.63 bits per heavy atom. The summed E-state index contributed by atoms with van der Waals surface area (Å²) in [5.41, 5.74) is 0.942. The molecule has 0 spiro atoms. The van der Waals surface area contributed by atoms with Gasteiger partial charge in [-0.15, -0.1) is 22.7 Å². The average Bonchev–Trinajstić information content (AvgIpc) is 3.95. The number of fused-ring (bicyclic) bond motifs is 2. The van der Waals surface area contributed by atoms with Crippen molar-refractivity contribution in [3.05, 3.63) is 104 Å². The third-order valence-corrected chi connectivity index (χ3v) is 11.8. The first-order valence-corrected chi connectivity index (χ1v) is 19.6. The number of ether oxygens (including phenoxy) is 1. The summed E-state index contributed by atoms with van der Waals surface area (Å²) in [5, 5.41) is 99.4. The number of phenolic OH excluding ortho intramolecular Hbond substituents is 1. The van der Waals surface area contributed by atoms with Crippen LogP contribution in [0.1, 0.15) is 12.8 Å². The van der Waals surface area contributed by atoms with Crippen LogP contribution in [-0.2, 0) is 0 Å². The van der Waals surface area contributed by atoms with Crippen molar-refractivity contribution < 1.29 is 64.6 Å². The Hall–Kier alpha value is -4.50. The van der Waals surface area contributed by atoms with Gasteiger partial charge in [-0.25, -0.2) is 9.59 Å². The molecule has 17 heteroatoms. The molecule has 4 aromatic heterocycles. The topological polar surface area (TPSA) is 272 Å². The molecule has 0 saturated heterocycles. The minimum absolute atomic E-state index is 0.0875. The number of aliphatic hydroxyl groups excluding tert-OH is 9. The quantitative estimate of drug-likeness (QED) is 0.108. The molecule has 10 unspecified atom stereocenters. The van der Waals surface area contributed by atoms with E-state index >= 15 is 0 Å². The second-order valence-electron chi connectivity index (χ2n) is 13.8. The molecule has 15 nitrogen and oxygen atoms in total. The van der Waals surface area contributed by atoms with Gasteiger partial charge in [-0.1, -0.05) is 12.1 Å². The highest BCUT2D eigenvalue weighted by Gasteiger charge is 2.44. The Labute approximate surface area is 331 Å². The van der Waals surface area contributed by atoms with Crippen molar-refractivity contribution >= 4 is 44.6 Å². The van der Waals surface area contributed by atoms with E-state index < -0.39 is 66.3 Å². The fourth-order valence-corrected chi connectivity index (χ4v) is 8.17. The molecule has 2 fully saturated rings. The van der Waals surface area contributed by atoms with E-state index in [2.05, 4.69) is 0 Å². The maximum Gasteiger partial charge on any atom is 0.345 e. The van der Waals surface area contributed by atoms with Crippen molar-refractivity contribution in [2.45, 2.75) is 61.7 Å². The summed E-state index contributed by atoms with van der Waals surface area (Å²) >= 11 is 2.94. The SMILES string of the molecule is O=c1oc2cc(O)ccc2cc1-c1cccs1.O=c1oc2cc(OC3CC(CO)C(O)C(O)C3O)ccc2cc1-c1cccs1.OCC1CC(O)C(O)C(O)C1O. The summed E-state index contributed by atoms with van der Waals surface area (Å²) in [5.74, 6) is -0.720. The first-order valence-electron chi connectivity index (χ1n) is 17.9. The summed E-state index contributed by atoms with van der Waals surface area (Å²) in [4.78, 5) is 25.8. The van der Waals surface area contributed by atoms with Crippen LogP contribution in [0, 0.1) is 11.8 Å². The second kappa shape index (κ2) is 18.4. The first kappa shape index (κ1) is 42.1. The Morgan fingerprint density at radius 1 is 0.596 bits per heavy atom. The molecule has 0 radical (unpaired) electrons. The van der Waals surface area contributed by atoms with Crippen LogP contribution in [0.3, 0.4) is 0 Å². The predicted octanol–water partition coefficient (Wildman–Crippen LogP) is 2.03. The number of hydrogen-bond donors (Lipinski definition) is 10. The number of benzene rings is 2. The number of thiophene rings is 2. The zero-order valence-electron chi connectivity index (χ0n) is 30.0. The van der Waals surface area contributed by atoms with Crippen LogP contribution in [0.15, 0.2) is 102 Å². The van der Waals surface area contributed by atoms with Gasteiger partial charge in [0.05, 0.1) is 29.4 Å². The van der Waals surface area contributed by atoms with E-state index in [-0.39, 0.29) is 37.4 Å². The fraction of sp³-hybridized carbons (Fsp3) is 0.350. The van der Waals surface area contributed by atoms with Crippen LogP contribution in [0.5, 0.6) is 11.5 Å². The van der Waals surface area contributed by atoms with Crippen LogP contribution in [-0.4, -0.2) is 113 Å². The minimum atomic E-state index is -1.41. The highest BCUT2D eigenvalue weighted by atomic mass is 32.1. The minimum Gasteiger partial charge on any atom is -0.508 e. The maximum absolute atomic E-state index is 12.3. The molecule has 8 rings (SSSR count). The molecule has 2 aliphatic carbocycles. The van der Waals surface area contributed by atoms with E-state index in [1.165, 1.54) is 28.7 Å². The maximum atomic E-state index is 12.3. The first-order chi connectivity index (χ1) is 27.3. The molecule has 57 heavy (non-hydrogen) atoms. The number of phenols is 1. The van der Waals surface area contributed by atoms with E-state index in [1.54, 1.807) is 42.5 Å². The Balaban J connectivity index is 0.000000160. The lowest BCUT2D eigenvalue weighted by atomic mass is 9.81. The molecular formula is C40H42O15S2. The standard InChI is InChI=1S/C20H20O7S.C13H8O3S.C7H14O5/c21-9-11-7-15(18(23)19(24)17(11)22)26-12-4-3-10-6-13(16-2-1-5-28-16)20(25)27-14(10)8-12;14-9-4-3-8-6-10(12-2-1-5-17-12)13(15)16-11(8)7-9;8-2-3-1-4(9)6(11)7(12)5(3)10/h1-6,8,11,15,17-19,21-24H,7,9H2;1-7,14H;3-12H,1-2H2.